The van der Waals surface area contributed by atoms with E-state index in [9.17, 15) is 14.9 Å². The minimum absolute atomic E-state index is 0.0963. The quantitative estimate of drug-likeness (QED) is 0.517. The molecule has 0 aromatic heterocycles. The zero-order chi connectivity index (χ0) is 14.5. The van der Waals surface area contributed by atoms with Gasteiger partial charge in [0.2, 0.25) is 0 Å². The molecule has 0 aliphatic carbocycles. The van der Waals surface area contributed by atoms with Crippen LogP contribution >= 0.6 is 11.8 Å². The fourth-order valence-electron chi connectivity index (χ4n) is 1.70. The third-order valence-electron chi connectivity index (χ3n) is 2.67. The van der Waals surface area contributed by atoms with Gasteiger partial charge in [0.05, 0.1) is 10.5 Å². The van der Waals surface area contributed by atoms with Gasteiger partial charge in [0.25, 0.3) is 5.69 Å². The molecule has 0 saturated heterocycles. The van der Waals surface area contributed by atoms with Gasteiger partial charge in [-0.15, -0.1) is 11.8 Å². The minimum Gasteiger partial charge on any atom is -0.478 e. The molecule has 5 nitrogen and oxygen atoms in total. The topological polar surface area (TPSA) is 80.4 Å². The maximum Gasteiger partial charge on any atom is 0.336 e. The average molecular weight is 289 g/mol. The highest BCUT2D eigenvalue weighted by atomic mass is 32.2. The van der Waals surface area contributed by atoms with Crippen LogP contribution < -0.4 is 0 Å². The molecule has 2 rings (SSSR count). The number of carbonyl (C=O) groups is 1. The zero-order valence-corrected chi connectivity index (χ0v) is 11.2. The number of aromatic carboxylic acids is 1. The van der Waals surface area contributed by atoms with Crippen molar-refractivity contribution in [1.29, 1.82) is 0 Å². The van der Waals surface area contributed by atoms with Crippen molar-refractivity contribution >= 4 is 23.4 Å². The van der Waals surface area contributed by atoms with Crippen LogP contribution in [0.1, 0.15) is 15.9 Å². The summed E-state index contributed by atoms with van der Waals surface area (Å²) < 4.78 is 0. The molecule has 2 aromatic rings. The van der Waals surface area contributed by atoms with Gasteiger partial charge in [-0.1, -0.05) is 18.2 Å². The molecule has 0 bridgehead atoms. The van der Waals surface area contributed by atoms with Crippen LogP contribution in [0.15, 0.2) is 53.4 Å². The zero-order valence-electron chi connectivity index (χ0n) is 10.4. The smallest absolute Gasteiger partial charge is 0.336 e. The number of thioether (sulfide) groups is 1. The number of rotatable bonds is 5. The van der Waals surface area contributed by atoms with Gasteiger partial charge >= 0.3 is 5.97 Å². The van der Waals surface area contributed by atoms with Crippen molar-refractivity contribution in [3.63, 3.8) is 0 Å². The van der Waals surface area contributed by atoms with Gasteiger partial charge in [-0.25, -0.2) is 4.79 Å². The number of hydrogen-bond acceptors (Lipinski definition) is 4. The van der Waals surface area contributed by atoms with Gasteiger partial charge in [0.15, 0.2) is 0 Å². The first-order valence-electron chi connectivity index (χ1n) is 5.76. The molecule has 2 aromatic carbocycles. The Kier molecular flexibility index (Phi) is 4.37. The van der Waals surface area contributed by atoms with E-state index in [1.165, 1.54) is 30.0 Å². The molecule has 20 heavy (non-hydrogen) atoms. The van der Waals surface area contributed by atoms with Crippen LogP contribution in [-0.4, -0.2) is 16.0 Å². The molecule has 0 amide bonds. The van der Waals surface area contributed by atoms with Crippen LogP contribution in [0.2, 0.25) is 0 Å². The first-order valence-corrected chi connectivity index (χ1v) is 6.75. The Balaban J connectivity index is 2.26. The van der Waals surface area contributed by atoms with Crippen LogP contribution in [-0.2, 0) is 5.75 Å². The summed E-state index contributed by atoms with van der Waals surface area (Å²) in [4.78, 5) is 22.4. The number of nitro benzene ring substituents is 1. The first-order chi connectivity index (χ1) is 9.58. The lowest BCUT2D eigenvalue weighted by Crippen LogP contribution is -2.02. The average Bonchev–Trinajstić information content (AvgIpc) is 2.45. The van der Waals surface area contributed by atoms with Crippen molar-refractivity contribution in [3.8, 4) is 0 Å². The number of carboxylic acid groups (broad SMARTS) is 1. The largest absolute Gasteiger partial charge is 0.478 e. The standard InChI is InChI=1S/C14H11NO4S/c16-14(17)13-7-6-11(15(18)19)8-10(13)9-20-12-4-2-1-3-5-12/h1-8H,9H2,(H,16,17). The number of benzene rings is 2. The maximum absolute atomic E-state index is 11.1. The van der Waals surface area contributed by atoms with Crippen LogP contribution in [0.4, 0.5) is 5.69 Å². The molecule has 1 N–H and O–H groups in total. The molecular weight excluding hydrogens is 278 g/mol. The highest BCUT2D eigenvalue weighted by Gasteiger charge is 2.15. The summed E-state index contributed by atoms with van der Waals surface area (Å²) in [5, 5.41) is 19.9. The lowest BCUT2D eigenvalue weighted by Gasteiger charge is -2.06. The van der Waals surface area contributed by atoms with Gasteiger partial charge in [-0.05, 0) is 23.8 Å². The van der Waals surface area contributed by atoms with E-state index in [-0.39, 0.29) is 11.3 Å². The monoisotopic (exact) mass is 289 g/mol. The number of nitro groups is 1. The van der Waals surface area contributed by atoms with E-state index in [1.54, 1.807) is 0 Å². The molecule has 0 radical (unpaired) electrons. The number of hydrogen-bond donors (Lipinski definition) is 1. The second-order valence-corrected chi connectivity index (χ2v) is 5.05. The van der Waals surface area contributed by atoms with Gasteiger partial charge < -0.3 is 5.11 Å². The number of non-ortho nitro benzene ring substituents is 1. The molecule has 102 valence electrons. The van der Waals surface area contributed by atoms with Gasteiger partial charge in [0.1, 0.15) is 0 Å². The van der Waals surface area contributed by atoms with Crippen molar-refractivity contribution in [3.05, 3.63) is 69.8 Å². The summed E-state index contributed by atoms with van der Waals surface area (Å²) in [6.07, 6.45) is 0. The molecule has 0 aliphatic heterocycles. The summed E-state index contributed by atoms with van der Waals surface area (Å²) >= 11 is 1.44. The third-order valence-corrected chi connectivity index (χ3v) is 3.73. The van der Waals surface area contributed by atoms with E-state index in [1.807, 2.05) is 30.3 Å². The highest BCUT2D eigenvalue weighted by Crippen LogP contribution is 2.26. The normalized spacial score (nSPS) is 10.2. The van der Waals surface area contributed by atoms with E-state index in [2.05, 4.69) is 0 Å². The Morgan fingerprint density at radius 3 is 2.50 bits per heavy atom. The highest BCUT2D eigenvalue weighted by molar-refractivity contribution is 7.98. The van der Waals surface area contributed by atoms with E-state index in [0.29, 0.717) is 11.3 Å². The molecule has 0 saturated carbocycles. The summed E-state index contributed by atoms with van der Waals surface area (Å²) in [6.45, 7) is 0. The molecule has 6 heteroatoms. The number of nitrogens with zero attached hydrogens (tertiary/aromatic N) is 1. The van der Waals surface area contributed by atoms with Crippen molar-refractivity contribution < 1.29 is 14.8 Å². The van der Waals surface area contributed by atoms with Crippen molar-refractivity contribution in [2.75, 3.05) is 0 Å². The molecular formula is C14H11NO4S. The van der Waals surface area contributed by atoms with Gasteiger partial charge in [-0.2, -0.15) is 0 Å². The van der Waals surface area contributed by atoms with Crippen LogP contribution in [0.5, 0.6) is 0 Å². The Morgan fingerprint density at radius 1 is 1.20 bits per heavy atom. The lowest BCUT2D eigenvalue weighted by molar-refractivity contribution is -0.384. The molecule has 0 aliphatic rings. The third kappa shape index (κ3) is 3.36. The summed E-state index contributed by atoms with van der Waals surface area (Å²) in [5.41, 5.74) is 0.443. The Hall–Kier alpha value is -2.34. The van der Waals surface area contributed by atoms with Crippen LogP contribution in [0.3, 0.4) is 0 Å². The molecule has 0 unspecified atom stereocenters. The Bertz CT molecular complexity index is 643. The first kappa shape index (κ1) is 14.1. The van der Waals surface area contributed by atoms with E-state index in [0.717, 1.165) is 4.90 Å². The van der Waals surface area contributed by atoms with Gasteiger partial charge in [0, 0.05) is 22.8 Å². The van der Waals surface area contributed by atoms with Crippen molar-refractivity contribution in [1.82, 2.24) is 0 Å². The second kappa shape index (κ2) is 6.21. The van der Waals surface area contributed by atoms with Gasteiger partial charge in [-0.3, -0.25) is 10.1 Å². The van der Waals surface area contributed by atoms with Crippen molar-refractivity contribution in [2.45, 2.75) is 10.6 Å². The predicted molar refractivity (Wildman–Crippen MR) is 76.1 cm³/mol. The van der Waals surface area contributed by atoms with Crippen molar-refractivity contribution in [2.24, 2.45) is 0 Å². The Morgan fingerprint density at radius 2 is 1.90 bits per heavy atom. The van der Waals surface area contributed by atoms with E-state index >= 15 is 0 Å². The summed E-state index contributed by atoms with van der Waals surface area (Å²) in [6, 6.07) is 13.3. The fraction of sp³-hybridized carbons (Fsp3) is 0.0714. The summed E-state index contributed by atoms with van der Waals surface area (Å²) in [7, 11) is 0. The minimum atomic E-state index is -1.08. The molecule has 0 fully saturated rings. The summed E-state index contributed by atoms with van der Waals surface area (Å²) in [5.74, 6) is -0.712. The second-order valence-electron chi connectivity index (χ2n) is 4.01. The van der Waals surface area contributed by atoms with Crippen LogP contribution in [0.25, 0.3) is 0 Å². The SMILES string of the molecule is O=C(O)c1ccc([N+](=O)[O-])cc1CSc1ccccc1. The number of carboxylic acids is 1. The maximum atomic E-state index is 11.1. The van der Waals surface area contributed by atoms with E-state index < -0.39 is 10.9 Å². The predicted octanol–water partition coefficient (Wildman–Crippen LogP) is 3.59. The molecule has 0 spiro atoms. The fourth-order valence-corrected chi connectivity index (χ4v) is 2.61. The van der Waals surface area contributed by atoms with E-state index in [4.69, 9.17) is 5.11 Å². The lowest BCUT2D eigenvalue weighted by atomic mass is 10.1. The molecule has 0 atom stereocenters. The van der Waals surface area contributed by atoms with Crippen LogP contribution in [0, 0.1) is 10.1 Å². The molecule has 0 heterocycles. The Labute approximate surface area is 119 Å².